The lowest BCUT2D eigenvalue weighted by Crippen LogP contribution is -2.23. The minimum absolute atomic E-state index is 0.0517. The van der Waals surface area contributed by atoms with E-state index >= 15 is 0 Å². The van der Waals surface area contributed by atoms with Crippen LogP contribution in [0.3, 0.4) is 0 Å². The van der Waals surface area contributed by atoms with Gasteiger partial charge >= 0.3 is 0 Å². The van der Waals surface area contributed by atoms with Gasteiger partial charge in [0.15, 0.2) is 0 Å². The molecule has 0 saturated carbocycles. The van der Waals surface area contributed by atoms with Crippen LogP contribution in [0.4, 0.5) is 8.78 Å². The zero-order chi connectivity index (χ0) is 14.8. The fourth-order valence-corrected chi connectivity index (χ4v) is 3.82. The first-order chi connectivity index (χ1) is 9.42. The van der Waals surface area contributed by atoms with E-state index < -0.39 is 21.7 Å². The van der Waals surface area contributed by atoms with Crippen molar-refractivity contribution < 1.29 is 17.2 Å². The molecule has 20 heavy (non-hydrogen) atoms. The van der Waals surface area contributed by atoms with E-state index in [9.17, 15) is 17.2 Å². The first-order valence-corrected chi connectivity index (χ1v) is 7.95. The summed E-state index contributed by atoms with van der Waals surface area (Å²) in [5.74, 6) is -1.29. The summed E-state index contributed by atoms with van der Waals surface area (Å²) >= 11 is 1.04. The van der Waals surface area contributed by atoms with Crippen molar-refractivity contribution in [3.63, 3.8) is 0 Å². The number of rotatable bonds is 5. The highest BCUT2D eigenvalue weighted by Crippen LogP contribution is 2.21. The summed E-state index contributed by atoms with van der Waals surface area (Å²) in [5, 5.41) is 0. The summed E-state index contributed by atoms with van der Waals surface area (Å²) in [7, 11) is -3.75. The van der Waals surface area contributed by atoms with E-state index in [4.69, 9.17) is 5.73 Å². The number of nitrogens with two attached hydrogens (primary N) is 1. The Kier molecular flexibility index (Phi) is 4.48. The van der Waals surface area contributed by atoms with Crippen LogP contribution < -0.4 is 10.5 Å². The zero-order valence-electron chi connectivity index (χ0n) is 10.3. The number of nitrogens with one attached hydrogen (secondary N) is 1. The highest BCUT2D eigenvalue weighted by atomic mass is 32.2. The lowest BCUT2D eigenvalue weighted by atomic mass is 10.2. The lowest BCUT2D eigenvalue weighted by molar-refractivity contribution is 0.568. The average Bonchev–Trinajstić information content (AvgIpc) is 2.89. The van der Waals surface area contributed by atoms with E-state index in [2.05, 4.69) is 4.72 Å². The largest absolute Gasteiger partial charge is 0.326 e. The van der Waals surface area contributed by atoms with Crippen LogP contribution in [0, 0.1) is 11.6 Å². The maximum absolute atomic E-state index is 13.4. The molecule has 0 bridgehead atoms. The van der Waals surface area contributed by atoms with Crippen LogP contribution in [0.5, 0.6) is 0 Å². The summed E-state index contributed by atoms with van der Waals surface area (Å²) < 4.78 is 52.6. The third-order valence-corrected chi connectivity index (χ3v) is 5.56. The van der Waals surface area contributed by atoms with Gasteiger partial charge < -0.3 is 5.73 Å². The second-order valence-corrected chi connectivity index (χ2v) is 7.15. The minimum Gasteiger partial charge on any atom is -0.326 e. The van der Waals surface area contributed by atoms with Gasteiger partial charge in [0.2, 0.25) is 10.0 Å². The monoisotopic (exact) mass is 318 g/mol. The molecule has 0 amide bonds. The molecule has 2 rings (SSSR count). The number of hydrogen-bond donors (Lipinski definition) is 2. The Morgan fingerprint density at radius 1 is 1.20 bits per heavy atom. The van der Waals surface area contributed by atoms with Gasteiger partial charge in [-0.15, -0.1) is 11.3 Å². The molecule has 0 saturated heterocycles. The van der Waals surface area contributed by atoms with Gasteiger partial charge in [0.1, 0.15) is 15.8 Å². The fourth-order valence-electron chi connectivity index (χ4n) is 1.54. The molecule has 108 valence electrons. The molecule has 1 aromatic heterocycles. The molecule has 0 radical (unpaired) electrons. The predicted octanol–water partition coefficient (Wildman–Crippen LogP) is 1.96. The van der Waals surface area contributed by atoms with Crippen LogP contribution in [0.15, 0.2) is 34.5 Å². The number of halogens is 2. The third kappa shape index (κ3) is 3.40. The summed E-state index contributed by atoms with van der Waals surface area (Å²) in [5.41, 5.74) is 5.36. The Morgan fingerprint density at radius 3 is 2.60 bits per heavy atom. The predicted molar refractivity (Wildman–Crippen MR) is 72.6 cm³/mol. The van der Waals surface area contributed by atoms with Crippen LogP contribution in [0.25, 0.3) is 0 Å². The first-order valence-electron chi connectivity index (χ1n) is 5.65. The lowest BCUT2D eigenvalue weighted by Gasteiger charge is -2.06. The highest BCUT2D eigenvalue weighted by Gasteiger charge is 2.17. The molecule has 0 fully saturated rings. The van der Waals surface area contributed by atoms with Crippen LogP contribution in [-0.4, -0.2) is 8.42 Å². The van der Waals surface area contributed by atoms with Crippen molar-refractivity contribution in [2.75, 3.05) is 0 Å². The Morgan fingerprint density at radius 2 is 1.95 bits per heavy atom. The van der Waals surface area contributed by atoms with Gasteiger partial charge in [-0.2, -0.15) is 0 Å². The molecule has 0 aliphatic rings. The molecule has 0 unspecified atom stereocenters. The van der Waals surface area contributed by atoms with E-state index in [0.717, 1.165) is 34.4 Å². The zero-order valence-corrected chi connectivity index (χ0v) is 11.9. The van der Waals surface area contributed by atoms with Gasteiger partial charge in [-0.3, -0.25) is 0 Å². The molecule has 0 spiro atoms. The maximum Gasteiger partial charge on any atom is 0.250 e. The van der Waals surface area contributed by atoms with Crippen molar-refractivity contribution in [2.45, 2.75) is 17.3 Å². The van der Waals surface area contributed by atoms with E-state index in [1.165, 1.54) is 6.07 Å². The van der Waals surface area contributed by atoms with Gasteiger partial charge in [0.25, 0.3) is 0 Å². The molecule has 1 aromatic carbocycles. The molecule has 3 N–H and O–H groups in total. The molecule has 1 heterocycles. The molecular weight excluding hydrogens is 306 g/mol. The minimum atomic E-state index is -3.75. The van der Waals surface area contributed by atoms with Crippen LogP contribution in [-0.2, 0) is 23.1 Å². The molecule has 4 nitrogen and oxygen atoms in total. The maximum atomic E-state index is 13.4. The number of sulfonamides is 1. The normalized spacial score (nSPS) is 11.8. The summed E-state index contributed by atoms with van der Waals surface area (Å²) in [6.07, 6.45) is 0. The molecule has 0 atom stereocenters. The van der Waals surface area contributed by atoms with Crippen molar-refractivity contribution in [3.8, 4) is 0 Å². The van der Waals surface area contributed by atoms with Crippen molar-refractivity contribution >= 4 is 21.4 Å². The Balaban J connectivity index is 2.15. The van der Waals surface area contributed by atoms with Crippen LogP contribution >= 0.6 is 11.3 Å². The van der Waals surface area contributed by atoms with E-state index in [1.54, 1.807) is 6.07 Å². The Bertz CT molecular complexity index is 714. The van der Waals surface area contributed by atoms with E-state index in [0.29, 0.717) is 0 Å². The van der Waals surface area contributed by atoms with E-state index in [1.807, 2.05) is 0 Å². The smallest absolute Gasteiger partial charge is 0.250 e. The Hall–Kier alpha value is -1.35. The van der Waals surface area contributed by atoms with Gasteiger partial charge in [0, 0.05) is 23.5 Å². The van der Waals surface area contributed by atoms with Crippen molar-refractivity contribution in [3.05, 3.63) is 52.4 Å². The standard InChI is InChI=1S/C12H12F2N2O2S2/c13-9-1-3-11(14)8(5-9)7-16-20(17,18)12-4-2-10(6-15)19-12/h1-5,16H,6-7,15H2. The van der Waals surface area contributed by atoms with E-state index in [-0.39, 0.29) is 22.9 Å². The van der Waals surface area contributed by atoms with Gasteiger partial charge in [-0.1, -0.05) is 0 Å². The van der Waals surface area contributed by atoms with Crippen LogP contribution in [0.2, 0.25) is 0 Å². The molecular formula is C12H12F2N2O2S2. The first kappa shape index (κ1) is 15.0. The average molecular weight is 318 g/mol. The topological polar surface area (TPSA) is 72.2 Å². The highest BCUT2D eigenvalue weighted by molar-refractivity contribution is 7.91. The third-order valence-electron chi connectivity index (χ3n) is 2.56. The second-order valence-electron chi connectivity index (χ2n) is 3.99. The number of benzene rings is 1. The SMILES string of the molecule is NCc1ccc(S(=O)(=O)NCc2cc(F)ccc2F)s1. The molecule has 0 aliphatic carbocycles. The van der Waals surface area contributed by atoms with Gasteiger partial charge in [0.05, 0.1) is 0 Å². The van der Waals surface area contributed by atoms with Gasteiger partial charge in [-0.25, -0.2) is 21.9 Å². The van der Waals surface area contributed by atoms with Crippen molar-refractivity contribution in [1.82, 2.24) is 4.72 Å². The fraction of sp³-hybridized carbons (Fsp3) is 0.167. The quantitative estimate of drug-likeness (QED) is 0.885. The summed E-state index contributed by atoms with van der Waals surface area (Å²) in [4.78, 5) is 0.724. The summed E-state index contributed by atoms with van der Waals surface area (Å²) in [6, 6.07) is 5.92. The summed E-state index contributed by atoms with van der Waals surface area (Å²) in [6.45, 7) is -0.0690. The molecule has 0 aliphatic heterocycles. The second kappa shape index (κ2) is 5.96. The Labute approximate surface area is 119 Å². The van der Waals surface area contributed by atoms with Gasteiger partial charge in [-0.05, 0) is 30.3 Å². The number of hydrogen-bond acceptors (Lipinski definition) is 4. The van der Waals surface area contributed by atoms with Crippen LogP contribution in [0.1, 0.15) is 10.4 Å². The van der Waals surface area contributed by atoms with Crippen molar-refractivity contribution in [2.24, 2.45) is 5.73 Å². The molecule has 8 heteroatoms. The van der Waals surface area contributed by atoms with Crippen molar-refractivity contribution in [1.29, 1.82) is 0 Å². The molecule has 2 aromatic rings. The number of thiophene rings is 1.